The Morgan fingerprint density at radius 2 is 2.00 bits per heavy atom. The van der Waals surface area contributed by atoms with E-state index < -0.39 is 0 Å². The highest BCUT2D eigenvalue weighted by molar-refractivity contribution is 5.48. The highest BCUT2D eigenvalue weighted by atomic mass is 16.5. The minimum absolute atomic E-state index is 0.129. The number of benzene rings is 1. The van der Waals surface area contributed by atoms with Gasteiger partial charge in [-0.1, -0.05) is 26.8 Å². The van der Waals surface area contributed by atoms with Gasteiger partial charge in [0, 0.05) is 18.0 Å². The Bertz CT molecular complexity index is 404. The zero-order chi connectivity index (χ0) is 11.9. The van der Waals surface area contributed by atoms with E-state index in [4.69, 9.17) is 10.5 Å². The highest BCUT2D eigenvalue weighted by Crippen LogP contribution is 2.37. The molecule has 2 nitrogen and oxygen atoms in total. The molecule has 88 valence electrons. The minimum Gasteiger partial charge on any atom is -0.493 e. The maximum Gasteiger partial charge on any atom is 0.126 e. The molecule has 0 fully saturated rings. The molecule has 16 heavy (non-hydrogen) atoms. The van der Waals surface area contributed by atoms with Crippen molar-refractivity contribution in [3.63, 3.8) is 0 Å². The number of hydrogen-bond donors (Lipinski definition) is 1. The number of hydrogen-bond acceptors (Lipinski definition) is 2. The van der Waals surface area contributed by atoms with Gasteiger partial charge in [0.2, 0.25) is 0 Å². The van der Waals surface area contributed by atoms with E-state index in [1.165, 1.54) is 16.7 Å². The second kappa shape index (κ2) is 3.77. The fraction of sp³-hybridized carbons (Fsp3) is 0.571. The molecule has 0 saturated heterocycles. The zero-order valence-corrected chi connectivity index (χ0v) is 10.6. The average Bonchev–Trinajstić information content (AvgIpc) is 2.18. The van der Waals surface area contributed by atoms with Gasteiger partial charge in [-0.15, -0.1) is 0 Å². The Morgan fingerprint density at radius 3 is 2.62 bits per heavy atom. The Hall–Kier alpha value is -1.02. The van der Waals surface area contributed by atoms with Crippen LogP contribution >= 0.6 is 0 Å². The van der Waals surface area contributed by atoms with Gasteiger partial charge in [-0.2, -0.15) is 0 Å². The van der Waals surface area contributed by atoms with Crippen molar-refractivity contribution in [2.24, 2.45) is 5.73 Å². The van der Waals surface area contributed by atoms with Crippen LogP contribution in [0.15, 0.2) is 12.1 Å². The quantitative estimate of drug-likeness (QED) is 0.727. The normalized spacial score (nSPS) is 20.2. The van der Waals surface area contributed by atoms with Crippen molar-refractivity contribution >= 4 is 0 Å². The van der Waals surface area contributed by atoms with Crippen molar-refractivity contribution in [2.45, 2.75) is 45.6 Å². The zero-order valence-electron chi connectivity index (χ0n) is 10.6. The molecule has 0 aromatic heterocycles. The molecule has 0 amide bonds. The van der Waals surface area contributed by atoms with Crippen LogP contribution in [-0.4, -0.2) is 6.61 Å². The number of aryl methyl sites for hydroxylation is 1. The lowest BCUT2D eigenvalue weighted by Crippen LogP contribution is -2.23. The lowest BCUT2D eigenvalue weighted by Gasteiger charge is -2.28. The first-order chi connectivity index (χ1) is 7.39. The largest absolute Gasteiger partial charge is 0.493 e. The van der Waals surface area contributed by atoms with Gasteiger partial charge in [-0.25, -0.2) is 0 Å². The van der Waals surface area contributed by atoms with Crippen LogP contribution in [0, 0.1) is 6.92 Å². The molecule has 2 rings (SSSR count). The van der Waals surface area contributed by atoms with Crippen LogP contribution in [0.3, 0.4) is 0 Å². The van der Waals surface area contributed by atoms with E-state index >= 15 is 0 Å². The molecule has 0 aliphatic carbocycles. The topological polar surface area (TPSA) is 35.2 Å². The summed E-state index contributed by atoms with van der Waals surface area (Å²) in [6, 6.07) is 4.56. The molecule has 2 N–H and O–H groups in total. The average molecular weight is 219 g/mol. The van der Waals surface area contributed by atoms with Crippen molar-refractivity contribution < 1.29 is 4.74 Å². The van der Waals surface area contributed by atoms with E-state index in [1.807, 2.05) is 0 Å². The van der Waals surface area contributed by atoms with Crippen LogP contribution < -0.4 is 10.5 Å². The summed E-state index contributed by atoms with van der Waals surface area (Å²) in [6.45, 7) is 9.52. The standard InChI is InChI=1S/C14H21NO/c1-9-7-10(14(2,3)4)8-11-12(15)5-6-16-13(9)11/h7-8,12H,5-6,15H2,1-4H3. The van der Waals surface area contributed by atoms with E-state index in [2.05, 4.69) is 39.8 Å². The van der Waals surface area contributed by atoms with E-state index in [1.54, 1.807) is 0 Å². The van der Waals surface area contributed by atoms with Crippen LogP contribution in [0.4, 0.5) is 0 Å². The first-order valence-electron chi connectivity index (χ1n) is 5.93. The summed E-state index contributed by atoms with van der Waals surface area (Å²) in [5.74, 6) is 1.01. The first kappa shape index (κ1) is 11.5. The minimum atomic E-state index is 0.129. The molecule has 1 aliphatic heterocycles. The molecule has 1 aliphatic rings. The third-order valence-corrected chi connectivity index (χ3v) is 3.24. The molecule has 2 heteroatoms. The molecule has 1 atom stereocenters. The maximum absolute atomic E-state index is 6.15. The molecule has 0 bridgehead atoms. The van der Waals surface area contributed by atoms with Gasteiger partial charge in [0.05, 0.1) is 6.61 Å². The second-order valence-electron chi connectivity index (χ2n) is 5.71. The molecule has 1 heterocycles. The van der Waals surface area contributed by atoms with Crippen molar-refractivity contribution in [1.82, 2.24) is 0 Å². The number of fused-ring (bicyclic) bond motifs is 1. The third-order valence-electron chi connectivity index (χ3n) is 3.24. The molecule has 1 unspecified atom stereocenters. The lowest BCUT2D eigenvalue weighted by molar-refractivity contribution is 0.266. The summed E-state index contributed by atoms with van der Waals surface area (Å²) >= 11 is 0. The van der Waals surface area contributed by atoms with Gasteiger partial charge in [-0.05, 0) is 29.5 Å². The SMILES string of the molecule is Cc1cc(C(C)(C)C)cc2c1OCCC2N. The van der Waals surface area contributed by atoms with Gasteiger partial charge < -0.3 is 10.5 Å². The van der Waals surface area contributed by atoms with E-state index in [0.717, 1.165) is 18.8 Å². The van der Waals surface area contributed by atoms with Gasteiger partial charge >= 0.3 is 0 Å². The molecule has 0 saturated carbocycles. The fourth-order valence-corrected chi connectivity index (χ4v) is 2.15. The van der Waals surface area contributed by atoms with Crippen LogP contribution in [0.1, 0.15) is 49.9 Å². The van der Waals surface area contributed by atoms with E-state index in [-0.39, 0.29) is 11.5 Å². The predicted molar refractivity (Wildman–Crippen MR) is 66.9 cm³/mol. The fourth-order valence-electron chi connectivity index (χ4n) is 2.15. The molecule has 0 spiro atoms. The summed E-state index contributed by atoms with van der Waals surface area (Å²) < 4.78 is 5.71. The van der Waals surface area contributed by atoms with Gasteiger partial charge in [-0.3, -0.25) is 0 Å². The van der Waals surface area contributed by atoms with Crippen molar-refractivity contribution in [1.29, 1.82) is 0 Å². The number of nitrogens with two attached hydrogens (primary N) is 1. The highest BCUT2D eigenvalue weighted by Gasteiger charge is 2.23. The van der Waals surface area contributed by atoms with Gasteiger partial charge in [0.25, 0.3) is 0 Å². The maximum atomic E-state index is 6.15. The van der Waals surface area contributed by atoms with Crippen LogP contribution in [0.5, 0.6) is 5.75 Å². The molecule has 1 aromatic rings. The van der Waals surface area contributed by atoms with Gasteiger partial charge in [0.15, 0.2) is 0 Å². The summed E-state index contributed by atoms with van der Waals surface area (Å²) in [6.07, 6.45) is 0.917. The Morgan fingerprint density at radius 1 is 1.31 bits per heavy atom. The van der Waals surface area contributed by atoms with Crippen molar-refractivity contribution in [3.05, 3.63) is 28.8 Å². The van der Waals surface area contributed by atoms with Crippen LogP contribution in [-0.2, 0) is 5.41 Å². The van der Waals surface area contributed by atoms with Crippen molar-refractivity contribution in [3.8, 4) is 5.75 Å². The molecular weight excluding hydrogens is 198 g/mol. The van der Waals surface area contributed by atoms with E-state index in [0.29, 0.717) is 0 Å². The van der Waals surface area contributed by atoms with E-state index in [9.17, 15) is 0 Å². The molecule has 1 aromatic carbocycles. The van der Waals surface area contributed by atoms with Gasteiger partial charge in [0.1, 0.15) is 5.75 Å². The Kier molecular flexibility index (Phi) is 2.70. The predicted octanol–water partition coefficient (Wildman–Crippen LogP) is 3.07. The summed E-state index contributed by atoms with van der Waals surface area (Å²) in [7, 11) is 0. The van der Waals surface area contributed by atoms with Crippen LogP contribution in [0.25, 0.3) is 0 Å². The smallest absolute Gasteiger partial charge is 0.126 e. The Balaban J connectivity index is 2.55. The summed E-state index contributed by atoms with van der Waals surface area (Å²) in [5.41, 5.74) is 10.0. The summed E-state index contributed by atoms with van der Waals surface area (Å²) in [4.78, 5) is 0. The molecular formula is C14H21NO. The number of ether oxygens (including phenoxy) is 1. The first-order valence-corrected chi connectivity index (χ1v) is 5.93. The monoisotopic (exact) mass is 219 g/mol. The Labute approximate surface area is 97.8 Å². The summed E-state index contributed by atoms with van der Waals surface area (Å²) in [5, 5.41) is 0. The molecule has 0 radical (unpaired) electrons. The van der Waals surface area contributed by atoms with Crippen molar-refractivity contribution in [2.75, 3.05) is 6.61 Å². The number of rotatable bonds is 0. The lowest BCUT2D eigenvalue weighted by atomic mass is 9.83. The second-order valence-corrected chi connectivity index (χ2v) is 5.71. The third kappa shape index (κ3) is 1.94. The van der Waals surface area contributed by atoms with Crippen LogP contribution in [0.2, 0.25) is 0 Å².